The van der Waals surface area contributed by atoms with Crippen molar-refractivity contribution < 1.29 is 14.2 Å². The number of methoxy groups -OCH3 is 2. The van der Waals surface area contributed by atoms with Gasteiger partial charge in [-0.2, -0.15) is 9.78 Å². The second-order valence-electron chi connectivity index (χ2n) is 7.90. The lowest BCUT2D eigenvalue weighted by molar-refractivity contribution is 0.290. The zero-order valence-corrected chi connectivity index (χ0v) is 21.0. The molecular formula is C26H23ClN4O3S. The van der Waals surface area contributed by atoms with E-state index in [4.69, 9.17) is 30.9 Å². The van der Waals surface area contributed by atoms with Crippen LogP contribution in [0.2, 0.25) is 5.02 Å². The van der Waals surface area contributed by atoms with Crippen LogP contribution in [-0.2, 0) is 6.61 Å². The molecule has 7 nitrogen and oxygen atoms in total. The number of aryl methyl sites for hydroxylation is 1. The number of ether oxygens (including phenoxy) is 3. The van der Waals surface area contributed by atoms with E-state index in [1.54, 1.807) is 30.7 Å². The molecule has 4 aromatic rings. The molecule has 35 heavy (non-hydrogen) atoms. The molecule has 0 fully saturated rings. The first-order valence-electron chi connectivity index (χ1n) is 10.9. The summed E-state index contributed by atoms with van der Waals surface area (Å²) in [5.41, 5.74) is 3.94. The van der Waals surface area contributed by atoms with Gasteiger partial charge in [0.1, 0.15) is 12.4 Å². The second kappa shape index (κ2) is 10.0. The molecule has 1 atom stereocenters. The topological polar surface area (TPSA) is 70.8 Å². The fraction of sp³-hybridized carbons (Fsp3) is 0.192. The van der Waals surface area contributed by atoms with Crippen molar-refractivity contribution in [3.8, 4) is 17.2 Å². The van der Waals surface area contributed by atoms with Gasteiger partial charge < -0.3 is 14.2 Å². The summed E-state index contributed by atoms with van der Waals surface area (Å²) in [7, 11) is 3.24. The first-order chi connectivity index (χ1) is 17.1. The van der Waals surface area contributed by atoms with E-state index >= 15 is 0 Å². The summed E-state index contributed by atoms with van der Waals surface area (Å²) in [6.45, 7) is 2.16. The number of halogens is 1. The highest BCUT2D eigenvalue weighted by Crippen LogP contribution is 2.42. The Kier molecular flexibility index (Phi) is 6.66. The Hall–Kier alpha value is -3.49. The molecule has 2 heterocycles. The molecule has 0 amide bonds. The summed E-state index contributed by atoms with van der Waals surface area (Å²) in [5.74, 6) is 2.47. The quantitative estimate of drug-likeness (QED) is 0.309. The Morgan fingerprint density at radius 1 is 0.914 bits per heavy atom. The number of fused-ring (bicyclic) bond motifs is 1. The van der Waals surface area contributed by atoms with Gasteiger partial charge >= 0.3 is 0 Å². The van der Waals surface area contributed by atoms with Gasteiger partial charge in [0.25, 0.3) is 0 Å². The Morgan fingerprint density at radius 3 is 2.49 bits per heavy atom. The summed E-state index contributed by atoms with van der Waals surface area (Å²) in [5, 5.41) is 14.9. The monoisotopic (exact) mass is 506 g/mol. The Morgan fingerprint density at radius 2 is 1.71 bits per heavy atom. The van der Waals surface area contributed by atoms with Gasteiger partial charge in [-0.05, 0) is 48.4 Å². The molecule has 178 valence electrons. The molecule has 1 aliphatic rings. The summed E-state index contributed by atoms with van der Waals surface area (Å²) < 4.78 is 18.7. The maximum atomic E-state index is 6.30. The van der Waals surface area contributed by atoms with Crippen LogP contribution in [0.15, 0.2) is 77.0 Å². The lowest BCUT2D eigenvalue weighted by atomic mass is 10.0. The maximum Gasteiger partial charge on any atom is 0.213 e. The van der Waals surface area contributed by atoms with Crippen molar-refractivity contribution in [2.75, 3.05) is 14.2 Å². The lowest BCUT2D eigenvalue weighted by Gasteiger charge is -2.24. The largest absolute Gasteiger partial charge is 0.493 e. The average Bonchev–Trinajstić information content (AvgIpc) is 3.30. The average molecular weight is 507 g/mol. The van der Waals surface area contributed by atoms with Gasteiger partial charge in [0.2, 0.25) is 5.16 Å². The van der Waals surface area contributed by atoms with E-state index in [-0.39, 0.29) is 11.9 Å². The summed E-state index contributed by atoms with van der Waals surface area (Å²) in [4.78, 5) is 0. The van der Waals surface area contributed by atoms with Crippen molar-refractivity contribution in [1.29, 1.82) is 0 Å². The maximum absolute atomic E-state index is 6.30. The molecule has 3 aromatic carbocycles. The normalized spacial score (nSPS) is 14.7. The van der Waals surface area contributed by atoms with Gasteiger partial charge in [-0.15, -0.1) is 10.2 Å². The Balaban J connectivity index is 1.54. The molecule has 0 aliphatic carbocycles. The Bertz CT molecular complexity index is 1390. The standard InChI is InChI=1S/C26H23ClN4O3S/c1-16-9-11-19(27)21(13-16)34-15-23-28-29-26-31(23)30-24(25(35-26)17-7-5-4-6-8-17)18-10-12-20(32-2)22(14-18)33-3/h4-14,25H,15H2,1-3H3/t25-/m1/s1. The van der Waals surface area contributed by atoms with Crippen LogP contribution < -0.4 is 14.2 Å². The van der Waals surface area contributed by atoms with Gasteiger partial charge in [0.05, 0.1) is 30.2 Å². The van der Waals surface area contributed by atoms with Crippen molar-refractivity contribution >= 4 is 29.1 Å². The molecule has 0 saturated carbocycles. The molecule has 9 heteroatoms. The third kappa shape index (κ3) is 4.72. The number of aromatic nitrogens is 3. The highest BCUT2D eigenvalue weighted by Gasteiger charge is 2.30. The van der Waals surface area contributed by atoms with Crippen LogP contribution in [0.3, 0.4) is 0 Å². The number of thioether (sulfide) groups is 1. The zero-order chi connectivity index (χ0) is 24.4. The van der Waals surface area contributed by atoms with E-state index in [2.05, 4.69) is 22.3 Å². The molecular weight excluding hydrogens is 484 g/mol. The van der Waals surface area contributed by atoms with Gasteiger partial charge in [-0.25, -0.2) is 0 Å². The van der Waals surface area contributed by atoms with Crippen molar-refractivity contribution in [2.24, 2.45) is 5.10 Å². The second-order valence-corrected chi connectivity index (χ2v) is 9.38. The predicted octanol–water partition coefficient (Wildman–Crippen LogP) is 5.94. The van der Waals surface area contributed by atoms with Crippen LogP contribution in [0, 0.1) is 6.92 Å². The number of hydrogen-bond acceptors (Lipinski definition) is 7. The van der Waals surface area contributed by atoms with Crippen LogP contribution in [0.1, 0.15) is 27.8 Å². The van der Waals surface area contributed by atoms with E-state index < -0.39 is 0 Å². The minimum absolute atomic E-state index is 0.0778. The van der Waals surface area contributed by atoms with Crippen LogP contribution in [0.25, 0.3) is 0 Å². The zero-order valence-electron chi connectivity index (χ0n) is 19.4. The first-order valence-corrected chi connectivity index (χ1v) is 12.2. The van der Waals surface area contributed by atoms with Gasteiger partial charge in [0.15, 0.2) is 17.3 Å². The third-order valence-corrected chi connectivity index (χ3v) is 7.09. The number of nitrogens with zero attached hydrogens (tertiary/aromatic N) is 4. The minimum Gasteiger partial charge on any atom is -0.493 e. The van der Waals surface area contributed by atoms with Gasteiger partial charge in [-0.1, -0.05) is 59.8 Å². The molecule has 1 aromatic heterocycles. The SMILES string of the molecule is COc1ccc(C2=Nn3c(COc4cc(C)ccc4Cl)nnc3S[C@@H]2c2ccccc2)cc1OC. The predicted molar refractivity (Wildman–Crippen MR) is 137 cm³/mol. The van der Waals surface area contributed by atoms with Gasteiger partial charge in [0, 0.05) is 5.56 Å². The summed E-state index contributed by atoms with van der Waals surface area (Å²) in [6.07, 6.45) is 0. The lowest BCUT2D eigenvalue weighted by Crippen LogP contribution is -2.19. The van der Waals surface area contributed by atoms with Crippen LogP contribution in [0.5, 0.6) is 17.2 Å². The molecule has 0 spiro atoms. The third-order valence-electron chi connectivity index (χ3n) is 5.58. The number of hydrogen-bond donors (Lipinski definition) is 0. The van der Waals surface area contributed by atoms with Crippen molar-refractivity contribution in [3.63, 3.8) is 0 Å². The van der Waals surface area contributed by atoms with E-state index in [1.807, 2.05) is 61.5 Å². The fourth-order valence-corrected chi connectivity index (χ4v) is 5.11. The van der Waals surface area contributed by atoms with E-state index in [0.29, 0.717) is 33.3 Å². The summed E-state index contributed by atoms with van der Waals surface area (Å²) in [6, 6.07) is 21.7. The Labute approximate surface area is 212 Å². The van der Waals surface area contributed by atoms with Crippen LogP contribution in [0.4, 0.5) is 0 Å². The minimum atomic E-state index is -0.0778. The van der Waals surface area contributed by atoms with E-state index in [9.17, 15) is 0 Å². The van der Waals surface area contributed by atoms with Crippen molar-refractivity contribution in [2.45, 2.75) is 23.9 Å². The highest BCUT2D eigenvalue weighted by molar-refractivity contribution is 8.00. The van der Waals surface area contributed by atoms with Crippen LogP contribution in [-0.4, -0.2) is 34.8 Å². The van der Waals surface area contributed by atoms with Crippen LogP contribution >= 0.6 is 23.4 Å². The summed E-state index contributed by atoms with van der Waals surface area (Å²) >= 11 is 7.89. The molecule has 0 saturated heterocycles. The molecule has 0 radical (unpaired) electrons. The van der Waals surface area contributed by atoms with E-state index in [1.165, 1.54) is 0 Å². The molecule has 5 rings (SSSR count). The van der Waals surface area contributed by atoms with Crippen molar-refractivity contribution in [1.82, 2.24) is 14.9 Å². The van der Waals surface area contributed by atoms with Gasteiger partial charge in [-0.3, -0.25) is 0 Å². The highest BCUT2D eigenvalue weighted by atomic mass is 35.5. The molecule has 0 unspecified atom stereocenters. The molecule has 0 N–H and O–H groups in total. The van der Waals surface area contributed by atoms with Crippen molar-refractivity contribution in [3.05, 3.63) is 94.3 Å². The first kappa shape index (κ1) is 23.3. The smallest absolute Gasteiger partial charge is 0.213 e. The number of rotatable bonds is 7. The van der Waals surface area contributed by atoms with E-state index in [0.717, 1.165) is 22.4 Å². The molecule has 1 aliphatic heterocycles. The number of benzene rings is 3. The molecule has 0 bridgehead atoms. The fourth-order valence-electron chi connectivity index (χ4n) is 3.80.